The lowest BCUT2D eigenvalue weighted by Gasteiger charge is -2.36. The van der Waals surface area contributed by atoms with Crippen molar-refractivity contribution >= 4 is 11.6 Å². The van der Waals surface area contributed by atoms with Crippen LogP contribution in [0.25, 0.3) is 0 Å². The average Bonchev–Trinajstić information content (AvgIpc) is 2.21. The average molecular weight is 241 g/mol. The van der Waals surface area contributed by atoms with Crippen molar-refractivity contribution in [1.82, 2.24) is 0 Å². The molecule has 0 aromatic heterocycles. The summed E-state index contributed by atoms with van der Waals surface area (Å²) >= 11 is 5.84. The van der Waals surface area contributed by atoms with E-state index in [0.29, 0.717) is 13.0 Å². The van der Waals surface area contributed by atoms with Gasteiger partial charge in [-0.25, -0.2) is 0 Å². The summed E-state index contributed by atoms with van der Waals surface area (Å²) < 4.78 is 5.78. The predicted molar refractivity (Wildman–Crippen MR) is 64.8 cm³/mol. The normalized spacial score (nSPS) is 30.3. The Kier molecular flexibility index (Phi) is 3.53. The highest BCUT2D eigenvalue weighted by Gasteiger charge is 2.32. The molecule has 0 spiro atoms. The fourth-order valence-electron chi connectivity index (χ4n) is 2.26. The summed E-state index contributed by atoms with van der Waals surface area (Å²) in [6.45, 7) is 2.70. The minimum atomic E-state index is -0.245. The molecule has 1 aliphatic heterocycles. The standard InChI is InChI=1S/C13H17ClO2/c1-13(9-12(15)6-7-16-13)8-10-2-4-11(14)5-3-10/h2-5,12,15H,6-9H2,1H3. The van der Waals surface area contributed by atoms with E-state index in [9.17, 15) is 5.11 Å². The molecule has 1 aromatic carbocycles. The van der Waals surface area contributed by atoms with E-state index in [-0.39, 0.29) is 11.7 Å². The maximum absolute atomic E-state index is 9.67. The first-order valence-corrected chi connectivity index (χ1v) is 6.02. The van der Waals surface area contributed by atoms with E-state index in [0.717, 1.165) is 17.9 Å². The van der Waals surface area contributed by atoms with Gasteiger partial charge in [0.25, 0.3) is 0 Å². The molecule has 2 unspecified atom stereocenters. The van der Waals surface area contributed by atoms with Gasteiger partial charge >= 0.3 is 0 Å². The molecule has 2 nitrogen and oxygen atoms in total. The van der Waals surface area contributed by atoms with Crippen molar-refractivity contribution in [3.05, 3.63) is 34.9 Å². The van der Waals surface area contributed by atoms with Crippen LogP contribution in [0.3, 0.4) is 0 Å². The van der Waals surface area contributed by atoms with E-state index >= 15 is 0 Å². The lowest BCUT2D eigenvalue weighted by Crippen LogP contribution is -2.41. The zero-order valence-corrected chi connectivity index (χ0v) is 10.2. The maximum atomic E-state index is 9.67. The number of benzene rings is 1. The molecule has 0 aliphatic carbocycles. The lowest BCUT2D eigenvalue weighted by atomic mass is 9.88. The second kappa shape index (κ2) is 4.74. The summed E-state index contributed by atoms with van der Waals surface area (Å²) in [5.74, 6) is 0. The van der Waals surface area contributed by atoms with Crippen LogP contribution in [0.2, 0.25) is 5.02 Å². The van der Waals surface area contributed by atoms with Gasteiger partial charge in [0.1, 0.15) is 0 Å². The van der Waals surface area contributed by atoms with Gasteiger partial charge in [-0.3, -0.25) is 0 Å². The number of rotatable bonds is 2. The quantitative estimate of drug-likeness (QED) is 0.862. The van der Waals surface area contributed by atoms with Gasteiger partial charge in [0.15, 0.2) is 0 Å². The molecule has 0 bridgehead atoms. The van der Waals surface area contributed by atoms with Gasteiger partial charge in [0.2, 0.25) is 0 Å². The van der Waals surface area contributed by atoms with Gasteiger partial charge in [-0.2, -0.15) is 0 Å². The first kappa shape index (κ1) is 11.9. The van der Waals surface area contributed by atoms with Crippen LogP contribution in [0, 0.1) is 0 Å². The van der Waals surface area contributed by atoms with Gasteiger partial charge in [0, 0.05) is 24.5 Å². The zero-order valence-electron chi connectivity index (χ0n) is 9.45. The minimum Gasteiger partial charge on any atom is -0.393 e. The fraction of sp³-hybridized carbons (Fsp3) is 0.538. The second-order valence-electron chi connectivity index (χ2n) is 4.75. The maximum Gasteiger partial charge on any atom is 0.0719 e. The summed E-state index contributed by atoms with van der Waals surface area (Å²) in [6.07, 6.45) is 2.04. The SMILES string of the molecule is CC1(Cc2ccc(Cl)cc2)CC(O)CCO1. The van der Waals surface area contributed by atoms with Crippen LogP contribution in [-0.2, 0) is 11.2 Å². The Morgan fingerprint density at radius 1 is 1.44 bits per heavy atom. The highest BCUT2D eigenvalue weighted by Crippen LogP contribution is 2.28. The lowest BCUT2D eigenvalue weighted by molar-refractivity contribution is -0.106. The Hall–Kier alpha value is -0.570. The van der Waals surface area contributed by atoms with Crippen LogP contribution in [-0.4, -0.2) is 23.4 Å². The summed E-state index contributed by atoms with van der Waals surface area (Å²) in [6, 6.07) is 7.80. The summed E-state index contributed by atoms with van der Waals surface area (Å²) in [5, 5.41) is 10.4. The minimum absolute atomic E-state index is 0.231. The van der Waals surface area contributed by atoms with Crippen LogP contribution in [0.5, 0.6) is 0 Å². The smallest absolute Gasteiger partial charge is 0.0719 e. The monoisotopic (exact) mass is 240 g/mol. The Bertz CT molecular complexity index is 349. The molecule has 0 radical (unpaired) electrons. The van der Waals surface area contributed by atoms with E-state index < -0.39 is 0 Å². The number of aliphatic hydroxyl groups is 1. The second-order valence-corrected chi connectivity index (χ2v) is 5.18. The summed E-state index contributed by atoms with van der Waals surface area (Å²) in [4.78, 5) is 0. The third-order valence-corrected chi connectivity index (χ3v) is 3.31. The van der Waals surface area contributed by atoms with Gasteiger partial charge in [-0.15, -0.1) is 0 Å². The molecule has 1 N–H and O–H groups in total. The summed E-state index contributed by atoms with van der Waals surface area (Å²) in [5.41, 5.74) is 0.951. The Balaban J connectivity index is 2.05. The van der Waals surface area contributed by atoms with Crippen molar-refractivity contribution in [2.24, 2.45) is 0 Å². The Labute approximate surface area is 101 Å². The number of aliphatic hydroxyl groups excluding tert-OH is 1. The molecule has 0 saturated carbocycles. The van der Waals surface area contributed by atoms with Crippen LogP contribution < -0.4 is 0 Å². The van der Waals surface area contributed by atoms with Gasteiger partial charge in [0.05, 0.1) is 11.7 Å². The fourth-order valence-corrected chi connectivity index (χ4v) is 2.38. The van der Waals surface area contributed by atoms with E-state index in [4.69, 9.17) is 16.3 Å². The molecule has 1 aliphatic rings. The topological polar surface area (TPSA) is 29.5 Å². The molecule has 88 valence electrons. The van der Waals surface area contributed by atoms with Crippen LogP contribution in [0.15, 0.2) is 24.3 Å². The molecule has 1 heterocycles. The predicted octanol–water partition coefficient (Wildman–Crippen LogP) is 2.81. The molecular weight excluding hydrogens is 224 g/mol. The van der Waals surface area contributed by atoms with E-state index in [1.807, 2.05) is 24.3 Å². The largest absolute Gasteiger partial charge is 0.393 e. The molecular formula is C13H17ClO2. The first-order valence-electron chi connectivity index (χ1n) is 5.64. The van der Waals surface area contributed by atoms with Crippen LogP contribution in [0.1, 0.15) is 25.3 Å². The highest BCUT2D eigenvalue weighted by molar-refractivity contribution is 6.30. The van der Waals surface area contributed by atoms with Crippen LogP contribution in [0.4, 0.5) is 0 Å². The summed E-state index contributed by atoms with van der Waals surface area (Å²) in [7, 11) is 0. The molecule has 0 amide bonds. The number of hydrogen-bond acceptors (Lipinski definition) is 2. The molecule has 16 heavy (non-hydrogen) atoms. The molecule has 2 atom stereocenters. The Morgan fingerprint density at radius 3 is 2.75 bits per heavy atom. The first-order chi connectivity index (χ1) is 7.57. The van der Waals surface area contributed by atoms with Gasteiger partial charge in [-0.1, -0.05) is 23.7 Å². The van der Waals surface area contributed by atoms with Crippen LogP contribution >= 0.6 is 11.6 Å². The molecule has 1 aromatic rings. The zero-order chi connectivity index (χ0) is 11.6. The van der Waals surface area contributed by atoms with Crippen molar-refractivity contribution in [2.45, 2.75) is 37.9 Å². The van der Waals surface area contributed by atoms with Crippen molar-refractivity contribution in [3.63, 3.8) is 0 Å². The molecule has 3 heteroatoms. The van der Waals surface area contributed by atoms with Crippen molar-refractivity contribution in [3.8, 4) is 0 Å². The molecule has 2 rings (SSSR count). The van der Waals surface area contributed by atoms with E-state index in [1.54, 1.807) is 0 Å². The number of hydrogen-bond donors (Lipinski definition) is 1. The van der Waals surface area contributed by atoms with E-state index in [1.165, 1.54) is 5.56 Å². The van der Waals surface area contributed by atoms with E-state index in [2.05, 4.69) is 6.92 Å². The third kappa shape index (κ3) is 2.97. The highest BCUT2D eigenvalue weighted by atomic mass is 35.5. The van der Waals surface area contributed by atoms with Crippen molar-refractivity contribution in [2.75, 3.05) is 6.61 Å². The number of ether oxygens (including phenoxy) is 1. The van der Waals surface area contributed by atoms with Crippen molar-refractivity contribution < 1.29 is 9.84 Å². The van der Waals surface area contributed by atoms with Gasteiger partial charge < -0.3 is 9.84 Å². The Morgan fingerprint density at radius 2 is 2.12 bits per heavy atom. The number of halogens is 1. The van der Waals surface area contributed by atoms with Gasteiger partial charge in [-0.05, 0) is 31.0 Å². The van der Waals surface area contributed by atoms with Crippen molar-refractivity contribution in [1.29, 1.82) is 0 Å². The molecule has 1 fully saturated rings. The molecule has 1 saturated heterocycles. The third-order valence-electron chi connectivity index (χ3n) is 3.06.